The molecule has 1 aromatic heterocycles. The van der Waals surface area contributed by atoms with E-state index < -0.39 is 0 Å². The van der Waals surface area contributed by atoms with Crippen LogP contribution < -0.4 is 5.32 Å². The Morgan fingerprint density at radius 1 is 1.47 bits per heavy atom. The maximum atomic E-state index is 11.9. The number of H-pyrrole nitrogens is 1. The Morgan fingerprint density at radius 2 is 2.32 bits per heavy atom. The van der Waals surface area contributed by atoms with Crippen LogP contribution in [0, 0.1) is 0 Å². The van der Waals surface area contributed by atoms with Gasteiger partial charge in [-0.05, 0) is 24.1 Å². The molecule has 1 amide bonds. The standard InChI is InChI=1S/C13H16N4O2/c1-2-4-11-15-12(17-16-11)13(19)14-10-6-3-5-9(7-10)8-18/h3,5-7,18H,2,4,8H2,1H3,(H,14,19)(H,15,16,17). The molecular weight excluding hydrogens is 244 g/mol. The van der Waals surface area contributed by atoms with Gasteiger partial charge in [0.05, 0.1) is 6.61 Å². The van der Waals surface area contributed by atoms with Gasteiger partial charge in [-0.2, -0.15) is 0 Å². The van der Waals surface area contributed by atoms with Crippen molar-refractivity contribution in [1.29, 1.82) is 0 Å². The molecule has 0 unspecified atom stereocenters. The second kappa shape index (κ2) is 6.10. The second-order valence-electron chi connectivity index (χ2n) is 4.17. The lowest BCUT2D eigenvalue weighted by Crippen LogP contribution is -2.14. The molecule has 3 N–H and O–H groups in total. The van der Waals surface area contributed by atoms with Gasteiger partial charge < -0.3 is 10.4 Å². The fourth-order valence-corrected chi connectivity index (χ4v) is 1.68. The van der Waals surface area contributed by atoms with Gasteiger partial charge in [-0.15, -0.1) is 5.10 Å². The first-order valence-corrected chi connectivity index (χ1v) is 6.15. The molecule has 0 saturated heterocycles. The zero-order chi connectivity index (χ0) is 13.7. The highest BCUT2D eigenvalue weighted by atomic mass is 16.3. The lowest BCUT2D eigenvalue weighted by molar-refractivity contribution is 0.101. The van der Waals surface area contributed by atoms with Crippen molar-refractivity contribution in [3.8, 4) is 0 Å². The molecule has 6 heteroatoms. The van der Waals surface area contributed by atoms with Crippen molar-refractivity contribution in [2.45, 2.75) is 26.4 Å². The van der Waals surface area contributed by atoms with Crippen molar-refractivity contribution in [3.05, 3.63) is 41.5 Å². The van der Waals surface area contributed by atoms with Crippen molar-refractivity contribution in [2.75, 3.05) is 5.32 Å². The van der Waals surface area contributed by atoms with Crippen LogP contribution >= 0.6 is 0 Å². The van der Waals surface area contributed by atoms with Gasteiger partial charge in [-0.1, -0.05) is 19.1 Å². The van der Waals surface area contributed by atoms with Crippen LogP contribution in [-0.4, -0.2) is 26.2 Å². The fraction of sp³-hybridized carbons (Fsp3) is 0.308. The van der Waals surface area contributed by atoms with Gasteiger partial charge >= 0.3 is 0 Å². The van der Waals surface area contributed by atoms with Crippen LogP contribution in [-0.2, 0) is 13.0 Å². The Morgan fingerprint density at radius 3 is 3.05 bits per heavy atom. The highest BCUT2D eigenvalue weighted by molar-refractivity contribution is 6.01. The predicted molar refractivity (Wildman–Crippen MR) is 70.7 cm³/mol. The van der Waals surface area contributed by atoms with E-state index >= 15 is 0 Å². The van der Waals surface area contributed by atoms with Crippen molar-refractivity contribution in [2.24, 2.45) is 0 Å². The molecule has 1 aromatic carbocycles. The molecule has 0 saturated carbocycles. The molecule has 0 fully saturated rings. The minimum atomic E-state index is -0.367. The molecule has 0 aliphatic carbocycles. The summed E-state index contributed by atoms with van der Waals surface area (Å²) in [7, 11) is 0. The van der Waals surface area contributed by atoms with Crippen LogP contribution in [0.2, 0.25) is 0 Å². The number of amides is 1. The monoisotopic (exact) mass is 260 g/mol. The summed E-state index contributed by atoms with van der Waals surface area (Å²) in [4.78, 5) is 16.0. The average Bonchev–Trinajstić information content (AvgIpc) is 2.88. The van der Waals surface area contributed by atoms with Crippen molar-refractivity contribution < 1.29 is 9.90 Å². The number of hydrogen-bond donors (Lipinski definition) is 3. The third kappa shape index (κ3) is 3.38. The summed E-state index contributed by atoms with van der Waals surface area (Å²) in [6, 6.07) is 7.00. The van der Waals surface area contributed by atoms with Gasteiger partial charge in [0.15, 0.2) is 0 Å². The molecule has 100 valence electrons. The molecule has 2 aromatic rings. The van der Waals surface area contributed by atoms with Crippen LogP contribution in [0.1, 0.15) is 35.4 Å². The van der Waals surface area contributed by atoms with Crippen LogP contribution in [0.5, 0.6) is 0 Å². The summed E-state index contributed by atoms with van der Waals surface area (Å²) in [6.45, 7) is 1.97. The van der Waals surface area contributed by atoms with E-state index in [2.05, 4.69) is 20.5 Å². The number of carbonyl (C=O) groups is 1. The first-order chi connectivity index (χ1) is 9.22. The van der Waals surface area contributed by atoms with Gasteiger partial charge in [-0.3, -0.25) is 9.89 Å². The van der Waals surface area contributed by atoms with E-state index in [-0.39, 0.29) is 18.3 Å². The Labute approximate surface area is 110 Å². The smallest absolute Gasteiger partial charge is 0.295 e. The fourth-order valence-electron chi connectivity index (χ4n) is 1.68. The molecular formula is C13H16N4O2. The van der Waals surface area contributed by atoms with Gasteiger partial charge in [0.2, 0.25) is 5.82 Å². The molecule has 0 aliphatic heterocycles. The number of aliphatic hydroxyl groups excluding tert-OH is 1. The molecule has 2 rings (SSSR count). The summed E-state index contributed by atoms with van der Waals surface area (Å²) in [6.07, 6.45) is 1.70. The van der Waals surface area contributed by atoms with Crippen LogP contribution in [0.15, 0.2) is 24.3 Å². The summed E-state index contributed by atoms with van der Waals surface area (Å²) in [5.41, 5.74) is 1.35. The van der Waals surface area contributed by atoms with E-state index in [0.717, 1.165) is 18.4 Å². The second-order valence-corrected chi connectivity index (χ2v) is 4.17. The lowest BCUT2D eigenvalue weighted by atomic mass is 10.2. The number of nitrogens with one attached hydrogen (secondary N) is 2. The highest BCUT2D eigenvalue weighted by Gasteiger charge is 2.12. The van der Waals surface area contributed by atoms with E-state index in [4.69, 9.17) is 5.11 Å². The zero-order valence-corrected chi connectivity index (χ0v) is 10.7. The SMILES string of the molecule is CCCc1nc(C(=O)Nc2cccc(CO)c2)n[nH]1. The molecule has 0 radical (unpaired) electrons. The molecule has 0 bridgehead atoms. The summed E-state index contributed by atoms with van der Waals surface area (Å²) < 4.78 is 0. The van der Waals surface area contributed by atoms with Gasteiger partial charge in [-0.25, -0.2) is 4.98 Å². The van der Waals surface area contributed by atoms with Crippen molar-refractivity contribution in [1.82, 2.24) is 15.2 Å². The number of carbonyl (C=O) groups excluding carboxylic acids is 1. The molecule has 0 atom stereocenters. The van der Waals surface area contributed by atoms with Crippen LogP contribution in [0.3, 0.4) is 0 Å². The largest absolute Gasteiger partial charge is 0.392 e. The number of nitrogens with zero attached hydrogens (tertiary/aromatic N) is 2. The number of benzene rings is 1. The Hall–Kier alpha value is -2.21. The topological polar surface area (TPSA) is 90.9 Å². The zero-order valence-electron chi connectivity index (χ0n) is 10.7. The third-order valence-corrected chi connectivity index (χ3v) is 2.59. The number of rotatable bonds is 5. The number of aryl methyl sites for hydroxylation is 1. The first kappa shape index (κ1) is 13.2. The van der Waals surface area contributed by atoms with E-state index in [1.54, 1.807) is 24.3 Å². The van der Waals surface area contributed by atoms with Crippen molar-refractivity contribution in [3.63, 3.8) is 0 Å². The minimum Gasteiger partial charge on any atom is -0.392 e. The lowest BCUT2D eigenvalue weighted by Gasteiger charge is -2.03. The Balaban J connectivity index is 2.06. The van der Waals surface area contributed by atoms with E-state index in [1.807, 2.05) is 6.92 Å². The Kier molecular flexibility index (Phi) is 4.25. The minimum absolute atomic E-state index is 0.0645. The average molecular weight is 260 g/mol. The number of hydrogen-bond acceptors (Lipinski definition) is 4. The molecule has 0 spiro atoms. The summed E-state index contributed by atoms with van der Waals surface area (Å²) in [5.74, 6) is 0.461. The third-order valence-electron chi connectivity index (χ3n) is 2.59. The summed E-state index contributed by atoms with van der Waals surface area (Å²) >= 11 is 0. The normalized spacial score (nSPS) is 10.4. The molecule has 0 aliphatic rings. The maximum absolute atomic E-state index is 11.9. The van der Waals surface area contributed by atoms with Gasteiger partial charge in [0.25, 0.3) is 5.91 Å². The molecule has 19 heavy (non-hydrogen) atoms. The van der Waals surface area contributed by atoms with Crippen molar-refractivity contribution >= 4 is 11.6 Å². The van der Waals surface area contributed by atoms with Gasteiger partial charge in [0, 0.05) is 12.1 Å². The van der Waals surface area contributed by atoms with E-state index in [1.165, 1.54) is 0 Å². The van der Waals surface area contributed by atoms with E-state index in [0.29, 0.717) is 11.5 Å². The quantitative estimate of drug-likeness (QED) is 0.759. The van der Waals surface area contributed by atoms with Crippen LogP contribution in [0.25, 0.3) is 0 Å². The first-order valence-electron chi connectivity index (χ1n) is 6.15. The summed E-state index contributed by atoms with van der Waals surface area (Å²) in [5, 5.41) is 18.3. The molecule has 1 heterocycles. The maximum Gasteiger partial charge on any atom is 0.295 e. The van der Waals surface area contributed by atoms with Gasteiger partial charge in [0.1, 0.15) is 5.82 Å². The number of aromatic nitrogens is 3. The number of anilines is 1. The number of aromatic amines is 1. The highest BCUT2D eigenvalue weighted by Crippen LogP contribution is 2.11. The number of aliphatic hydroxyl groups is 1. The van der Waals surface area contributed by atoms with E-state index in [9.17, 15) is 4.79 Å². The predicted octanol–water partition coefficient (Wildman–Crippen LogP) is 1.50. The Bertz CT molecular complexity index is 565. The molecule has 6 nitrogen and oxygen atoms in total. The van der Waals surface area contributed by atoms with Crippen LogP contribution in [0.4, 0.5) is 5.69 Å².